The van der Waals surface area contributed by atoms with E-state index < -0.39 is 6.10 Å². The molecular weight excluding hydrogens is 330 g/mol. The van der Waals surface area contributed by atoms with E-state index in [1.54, 1.807) is 11.8 Å². The van der Waals surface area contributed by atoms with Crippen LogP contribution in [-0.4, -0.2) is 28.0 Å². The van der Waals surface area contributed by atoms with Crippen molar-refractivity contribution in [2.75, 3.05) is 11.1 Å². The molecule has 0 fully saturated rings. The third kappa shape index (κ3) is 4.94. The van der Waals surface area contributed by atoms with Crippen LogP contribution in [0.3, 0.4) is 0 Å². The van der Waals surface area contributed by atoms with Crippen molar-refractivity contribution < 1.29 is 9.53 Å². The molecule has 0 spiro atoms. The summed E-state index contributed by atoms with van der Waals surface area (Å²) in [6, 6.07) is 5.83. The van der Waals surface area contributed by atoms with Gasteiger partial charge < -0.3 is 4.74 Å². The van der Waals surface area contributed by atoms with Crippen LogP contribution in [0.2, 0.25) is 0 Å². The molecule has 5 nitrogen and oxygen atoms in total. The molecule has 1 amide bonds. The molecule has 0 unspecified atom stereocenters. The van der Waals surface area contributed by atoms with Gasteiger partial charge in [-0.15, -0.1) is 10.2 Å². The topological polar surface area (TPSA) is 64.1 Å². The lowest BCUT2D eigenvalue weighted by atomic mass is 10.1. The van der Waals surface area contributed by atoms with Crippen LogP contribution >= 0.6 is 23.1 Å². The molecule has 1 aromatic heterocycles. The van der Waals surface area contributed by atoms with E-state index in [4.69, 9.17) is 4.74 Å². The molecule has 2 aromatic rings. The summed E-state index contributed by atoms with van der Waals surface area (Å²) >= 11 is 2.98. The highest BCUT2D eigenvalue weighted by Crippen LogP contribution is 2.25. The van der Waals surface area contributed by atoms with Crippen molar-refractivity contribution in [3.05, 3.63) is 29.3 Å². The monoisotopic (exact) mass is 351 g/mol. The van der Waals surface area contributed by atoms with Gasteiger partial charge in [0, 0.05) is 0 Å². The molecule has 1 atom stereocenters. The minimum atomic E-state index is -0.553. The average Bonchev–Trinajstić information content (AvgIpc) is 2.95. The van der Waals surface area contributed by atoms with Crippen molar-refractivity contribution in [2.45, 2.75) is 44.6 Å². The van der Waals surface area contributed by atoms with Crippen LogP contribution in [0.4, 0.5) is 5.13 Å². The van der Waals surface area contributed by atoms with E-state index in [2.05, 4.69) is 22.4 Å². The first-order valence-corrected chi connectivity index (χ1v) is 9.34. The number of aromatic nitrogens is 2. The first-order chi connectivity index (χ1) is 11.0. The van der Waals surface area contributed by atoms with Gasteiger partial charge in [0.15, 0.2) is 10.4 Å². The Hall–Kier alpha value is -1.60. The Morgan fingerprint density at radius 2 is 2.09 bits per heavy atom. The molecule has 1 aromatic carbocycles. The molecule has 124 valence electrons. The summed E-state index contributed by atoms with van der Waals surface area (Å²) in [5, 5.41) is 11.3. The van der Waals surface area contributed by atoms with E-state index in [0.717, 1.165) is 15.7 Å². The summed E-state index contributed by atoms with van der Waals surface area (Å²) in [7, 11) is 0. The smallest absolute Gasteiger partial charge is 0.267 e. The summed E-state index contributed by atoms with van der Waals surface area (Å²) in [6.45, 7) is 8.04. The number of nitrogens with zero attached hydrogens (tertiary/aromatic N) is 2. The Bertz CT molecular complexity index is 673. The van der Waals surface area contributed by atoms with Crippen LogP contribution in [-0.2, 0) is 4.79 Å². The molecule has 23 heavy (non-hydrogen) atoms. The maximum absolute atomic E-state index is 12.4. The molecule has 0 saturated heterocycles. The number of benzene rings is 1. The van der Waals surface area contributed by atoms with Crippen molar-refractivity contribution >= 4 is 34.1 Å². The number of thioether (sulfide) groups is 1. The lowest BCUT2D eigenvalue weighted by molar-refractivity contribution is -0.122. The van der Waals surface area contributed by atoms with Gasteiger partial charge in [-0.05, 0) is 49.3 Å². The lowest BCUT2D eigenvalue weighted by Crippen LogP contribution is -2.32. The number of nitrogens with one attached hydrogen (secondary N) is 1. The van der Waals surface area contributed by atoms with E-state index in [0.29, 0.717) is 17.3 Å². The second-order valence-electron chi connectivity index (χ2n) is 5.06. The normalized spacial score (nSPS) is 12.0. The molecule has 1 N–H and O–H groups in total. The lowest BCUT2D eigenvalue weighted by Gasteiger charge is -2.17. The fourth-order valence-electron chi connectivity index (χ4n) is 1.90. The van der Waals surface area contributed by atoms with Crippen molar-refractivity contribution in [3.8, 4) is 5.75 Å². The highest BCUT2D eigenvalue weighted by Gasteiger charge is 2.20. The zero-order chi connectivity index (χ0) is 16.8. The first-order valence-electron chi connectivity index (χ1n) is 7.54. The van der Waals surface area contributed by atoms with E-state index in [-0.39, 0.29) is 5.91 Å². The summed E-state index contributed by atoms with van der Waals surface area (Å²) in [5.74, 6) is 1.43. The SMILES string of the molecule is CCSc1nnc(NC(=O)[C@@H](CC)Oc2ccc(C)c(C)c2)s1. The highest BCUT2D eigenvalue weighted by atomic mass is 32.2. The van der Waals surface area contributed by atoms with Gasteiger partial charge in [0.1, 0.15) is 5.75 Å². The summed E-state index contributed by atoms with van der Waals surface area (Å²) in [6.07, 6.45) is 0.0250. The summed E-state index contributed by atoms with van der Waals surface area (Å²) in [4.78, 5) is 12.4. The zero-order valence-corrected chi connectivity index (χ0v) is 15.4. The summed E-state index contributed by atoms with van der Waals surface area (Å²) in [5.41, 5.74) is 2.34. The molecule has 0 aliphatic carbocycles. The van der Waals surface area contributed by atoms with Gasteiger partial charge >= 0.3 is 0 Å². The van der Waals surface area contributed by atoms with E-state index in [9.17, 15) is 4.79 Å². The van der Waals surface area contributed by atoms with Crippen molar-refractivity contribution in [1.82, 2.24) is 10.2 Å². The third-order valence-electron chi connectivity index (χ3n) is 3.32. The molecule has 7 heteroatoms. The standard InChI is InChI=1S/C16H21N3O2S2/c1-5-13(21-12-8-7-10(3)11(4)9-12)14(20)17-15-18-19-16(23-15)22-6-2/h7-9,13H,5-6H2,1-4H3,(H,17,18,20)/t13-/m1/s1. The molecule has 0 radical (unpaired) electrons. The van der Waals surface area contributed by atoms with Gasteiger partial charge in [-0.25, -0.2) is 0 Å². The van der Waals surface area contributed by atoms with Gasteiger partial charge in [0.25, 0.3) is 5.91 Å². The number of ether oxygens (including phenoxy) is 1. The third-order valence-corrected chi connectivity index (χ3v) is 5.18. The average molecular weight is 351 g/mol. The molecular formula is C16H21N3O2S2. The van der Waals surface area contributed by atoms with Crippen LogP contribution in [0.5, 0.6) is 5.75 Å². The fraction of sp³-hybridized carbons (Fsp3) is 0.438. The summed E-state index contributed by atoms with van der Waals surface area (Å²) < 4.78 is 6.68. The van der Waals surface area contributed by atoms with Crippen molar-refractivity contribution in [2.24, 2.45) is 0 Å². The predicted octanol–water partition coefficient (Wildman–Crippen LogP) is 4.06. The Labute approximate surface area is 144 Å². The number of rotatable bonds is 7. The number of amides is 1. The minimum absolute atomic E-state index is 0.199. The highest BCUT2D eigenvalue weighted by molar-refractivity contribution is 8.01. The minimum Gasteiger partial charge on any atom is -0.481 e. The van der Waals surface area contributed by atoms with Gasteiger partial charge in [0.2, 0.25) is 5.13 Å². The van der Waals surface area contributed by atoms with Gasteiger partial charge in [0.05, 0.1) is 0 Å². The van der Waals surface area contributed by atoms with Crippen LogP contribution in [0.1, 0.15) is 31.4 Å². The Morgan fingerprint density at radius 3 is 2.74 bits per heavy atom. The first kappa shape index (κ1) is 17.7. The Balaban J connectivity index is 2.01. The van der Waals surface area contributed by atoms with Crippen LogP contribution in [0.25, 0.3) is 0 Å². The van der Waals surface area contributed by atoms with Gasteiger partial charge in [-0.3, -0.25) is 10.1 Å². The van der Waals surface area contributed by atoms with Gasteiger partial charge in [-0.2, -0.15) is 0 Å². The second kappa shape index (κ2) is 8.31. The quantitative estimate of drug-likeness (QED) is 0.602. The molecule has 2 rings (SSSR count). The van der Waals surface area contributed by atoms with E-state index in [1.807, 2.05) is 39.0 Å². The molecule has 1 heterocycles. The Kier molecular flexibility index (Phi) is 6.41. The number of aryl methyl sites for hydroxylation is 2. The number of carbonyl (C=O) groups excluding carboxylic acids is 1. The van der Waals surface area contributed by atoms with Crippen molar-refractivity contribution in [3.63, 3.8) is 0 Å². The van der Waals surface area contributed by atoms with Gasteiger partial charge in [-0.1, -0.05) is 43.0 Å². The van der Waals surface area contributed by atoms with Crippen LogP contribution in [0, 0.1) is 13.8 Å². The maximum Gasteiger partial charge on any atom is 0.267 e. The number of carbonyl (C=O) groups is 1. The molecule has 0 bridgehead atoms. The largest absolute Gasteiger partial charge is 0.481 e. The number of hydrogen-bond donors (Lipinski definition) is 1. The van der Waals surface area contributed by atoms with Crippen molar-refractivity contribution in [1.29, 1.82) is 0 Å². The van der Waals surface area contributed by atoms with E-state index in [1.165, 1.54) is 16.9 Å². The number of anilines is 1. The predicted molar refractivity (Wildman–Crippen MR) is 95.6 cm³/mol. The van der Waals surface area contributed by atoms with Crippen LogP contribution in [0.15, 0.2) is 22.5 Å². The molecule has 0 aliphatic rings. The number of hydrogen-bond acceptors (Lipinski definition) is 6. The molecule has 0 saturated carbocycles. The zero-order valence-electron chi connectivity index (χ0n) is 13.8. The molecule has 0 aliphatic heterocycles. The van der Waals surface area contributed by atoms with E-state index >= 15 is 0 Å². The second-order valence-corrected chi connectivity index (χ2v) is 7.54. The maximum atomic E-state index is 12.4. The fourth-order valence-corrected chi connectivity index (χ4v) is 3.55. The van der Waals surface area contributed by atoms with Crippen LogP contribution < -0.4 is 10.1 Å². The Morgan fingerprint density at radius 1 is 1.30 bits per heavy atom.